The maximum atomic E-state index is 12.2. The van der Waals surface area contributed by atoms with E-state index >= 15 is 0 Å². The molecule has 1 aromatic heterocycles. The lowest BCUT2D eigenvalue weighted by atomic mass is 9.98. The van der Waals surface area contributed by atoms with Crippen molar-refractivity contribution in [2.45, 2.75) is 18.1 Å². The van der Waals surface area contributed by atoms with Crippen LogP contribution in [0.1, 0.15) is 28.7 Å². The topological polar surface area (TPSA) is 112 Å². The number of hydrogen-bond donors (Lipinski definition) is 4. The zero-order chi connectivity index (χ0) is 21.1. The second-order valence-electron chi connectivity index (χ2n) is 7.20. The van der Waals surface area contributed by atoms with Crippen molar-refractivity contribution >= 4 is 6.09 Å². The summed E-state index contributed by atoms with van der Waals surface area (Å²) in [7, 11) is 0. The zero-order valence-corrected chi connectivity index (χ0v) is 16.1. The maximum Gasteiger partial charge on any atom is 0.407 e. The van der Waals surface area contributed by atoms with E-state index in [1.165, 1.54) is 18.3 Å². The predicted molar refractivity (Wildman–Crippen MR) is 111 cm³/mol. The van der Waals surface area contributed by atoms with Crippen LogP contribution in [0.25, 0.3) is 11.1 Å². The van der Waals surface area contributed by atoms with Crippen LogP contribution in [0.3, 0.4) is 0 Å². The molecule has 2 atom stereocenters. The van der Waals surface area contributed by atoms with Gasteiger partial charge in [0.25, 0.3) is 0 Å². The van der Waals surface area contributed by atoms with Crippen molar-refractivity contribution < 1.29 is 19.7 Å². The van der Waals surface area contributed by atoms with E-state index in [-0.39, 0.29) is 24.6 Å². The molecule has 1 aliphatic rings. The van der Waals surface area contributed by atoms with Gasteiger partial charge in [-0.15, -0.1) is 0 Å². The highest BCUT2D eigenvalue weighted by molar-refractivity contribution is 5.79. The Morgan fingerprint density at radius 2 is 1.63 bits per heavy atom. The number of fused-ring (bicyclic) bond motifs is 3. The lowest BCUT2D eigenvalue weighted by Gasteiger charge is -2.19. The fourth-order valence-corrected chi connectivity index (χ4v) is 3.78. The van der Waals surface area contributed by atoms with Gasteiger partial charge in [0.2, 0.25) is 5.56 Å². The minimum atomic E-state index is -1.25. The Labute approximate surface area is 173 Å². The van der Waals surface area contributed by atoms with E-state index < -0.39 is 18.3 Å². The number of benzene rings is 2. The highest BCUT2D eigenvalue weighted by Gasteiger charge is 2.29. The molecule has 0 radical (unpaired) electrons. The Morgan fingerprint density at radius 1 is 1.00 bits per heavy atom. The Bertz CT molecular complexity index is 1040. The number of aromatic amines is 1. The number of aliphatic hydroxyl groups excluding tert-OH is 2. The van der Waals surface area contributed by atoms with Crippen LogP contribution >= 0.6 is 0 Å². The van der Waals surface area contributed by atoms with Gasteiger partial charge in [0.05, 0.1) is 0 Å². The third-order valence-corrected chi connectivity index (χ3v) is 5.31. The molecule has 0 fully saturated rings. The minimum absolute atomic E-state index is 0.0557. The molecule has 2 unspecified atom stereocenters. The van der Waals surface area contributed by atoms with Crippen LogP contribution in [0.2, 0.25) is 0 Å². The molecule has 1 heterocycles. The molecular formula is C23H22N2O5. The molecule has 2 aromatic carbocycles. The number of amides is 1. The fraction of sp³-hybridized carbons (Fsp3) is 0.217. The first-order chi connectivity index (χ1) is 14.5. The van der Waals surface area contributed by atoms with Gasteiger partial charge in [-0.3, -0.25) is 4.79 Å². The number of carbonyl (C=O) groups excluding carboxylic acids is 1. The van der Waals surface area contributed by atoms with Crippen LogP contribution in [0, 0.1) is 0 Å². The van der Waals surface area contributed by atoms with E-state index in [4.69, 9.17) is 4.74 Å². The van der Waals surface area contributed by atoms with Crippen molar-refractivity contribution in [2.75, 3.05) is 13.2 Å². The first-order valence-electron chi connectivity index (χ1n) is 9.68. The monoisotopic (exact) mass is 406 g/mol. The molecule has 0 spiro atoms. The van der Waals surface area contributed by atoms with Crippen molar-refractivity contribution in [1.29, 1.82) is 0 Å². The summed E-state index contributed by atoms with van der Waals surface area (Å²) in [6.45, 7) is -0.0323. The molecule has 7 heteroatoms. The molecule has 0 saturated heterocycles. The van der Waals surface area contributed by atoms with E-state index in [2.05, 4.69) is 22.4 Å². The molecule has 30 heavy (non-hydrogen) atoms. The molecular weight excluding hydrogens is 384 g/mol. The Kier molecular flexibility index (Phi) is 5.65. The molecule has 1 amide bonds. The van der Waals surface area contributed by atoms with E-state index in [1.807, 2.05) is 36.4 Å². The summed E-state index contributed by atoms with van der Waals surface area (Å²) < 4.78 is 5.40. The molecule has 0 saturated carbocycles. The van der Waals surface area contributed by atoms with Gasteiger partial charge in [-0.1, -0.05) is 48.5 Å². The largest absolute Gasteiger partial charge is 0.449 e. The molecule has 7 nitrogen and oxygen atoms in total. The lowest BCUT2D eigenvalue weighted by molar-refractivity contribution is 0.0183. The average molecular weight is 406 g/mol. The van der Waals surface area contributed by atoms with E-state index in [0.717, 1.165) is 22.3 Å². The van der Waals surface area contributed by atoms with Crippen LogP contribution < -0.4 is 10.9 Å². The number of carbonyl (C=O) groups is 1. The van der Waals surface area contributed by atoms with Gasteiger partial charge in [-0.25, -0.2) is 4.79 Å². The lowest BCUT2D eigenvalue weighted by Crippen LogP contribution is -2.36. The molecule has 3 aromatic rings. The normalized spacial score (nSPS) is 14.5. The van der Waals surface area contributed by atoms with Gasteiger partial charge < -0.3 is 25.3 Å². The molecule has 154 valence electrons. The van der Waals surface area contributed by atoms with Gasteiger partial charge in [0, 0.05) is 24.7 Å². The number of alkyl carbamates (subject to hydrolysis) is 1. The van der Waals surface area contributed by atoms with Gasteiger partial charge in [0.15, 0.2) is 0 Å². The van der Waals surface area contributed by atoms with E-state index in [0.29, 0.717) is 5.56 Å². The summed E-state index contributed by atoms with van der Waals surface area (Å²) in [5, 5.41) is 22.7. The Hall–Kier alpha value is -3.42. The molecule has 4 N–H and O–H groups in total. The highest BCUT2D eigenvalue weighted by atomic mass is 16.5. The van der Waals surface area contributed by atoms with Crippen LogP contribution in [0.5, 0.6) is 0 Å². The average Bonchev–Trinajstić information content (AvgIpc) is 3.10. The number of rotatable bonds is 6. The first kappa shape index (κ1) is 19.9. The fourth-order valence-electron chi connectivity index (χ4n) is 3.78. The summed E-state index contributed by atoms with van der Waals surface area (Å²) in [4.78, 5) is 25.7. The van der Waals surface area contributed by atoms with Crippen molar-refractivity contribution in [2.24, 2.45) is 0 Å². The number of hydrogen-bond acceptors (Lipinski definition) is 5. The Balaban J connectivity index is 1.34. The van der Waals surface area contributed by atoms with E-state index in [1.54, 1.807) is 0 Å². The van der Waals surface area contributed by atoms with Crippen molar-refractivity contribution in [1.82, 2.24) is 10.3 Å². The van der Waals surface area contributed by atoms with Crippen LogP contribution in [-0.4, -0.2) is 40.5 Å². The smallest absolute Gasteiger partial charge is 0.407 e. The van der Waals surface area contributed by atoms with E-state index in [9.17, 15) is 19.8 Å². The second kappa shape index (κ2) is 8.52. The number of H-pyrrole nitrogens is 1. The summed E-state index contributed by atoms with van der Waals surface area (Å²) in [5.41, 5.74) is 4.54. The van der Waals surface area contributed by atoms with Gasteiger partial charge in [0.1, 0.15) is 18.8 Å². The van der Waals surface area contributed by atoms with Gasteiger partial charge in [-0.05, 0) is 33.9 Å². The standard InChI is InChI=1S/C23H22N2O5/c26-20(22(28)14-9-10-21(27)24-11-14)12-25-23(29)30-13-19-17-7-3-1-5-15(17)16-6-2-4-8-18(16)19/h1-11,19-20,22,26,28H,12-13H2,(H,24,27)(H,25,29). The molecule has 0 aliphatic heterocycles. The minimum Gasteiger partial charge on any atom is -0.449 e. The van der Waals surface area contributed by atoms with Gasteiger partial charge >= 0.3 is 6.09 Å². The Morgan fingerprint density at radius 3 is 2.23 bits per heavy atom. The maximum absolute atomic E-state index is 12.2. The van der Waals surface area contributed by atoms with Crippen molar-refractivity contribution in [3.05, 3.63) is 93.9 Å². The third kappa shape index (κ3) is 3.98. The zero-order valence-electron chi connectivity index (χ0n) is 16.1. The van der Waals surface area contributed by atoms with Crippen molar-refractivity contribution in [3.63, 3.8) is 0 Å². The summed E-state index contributed by atoms with van der Waals surface area (Å²) in [6, 6.07) is 18.8. The first-order valence-corrected chi connectivity index (χ1v) is 9.68. The van der Waals surface area contributed by atoms with Crippen LogP contribution in [0.4, 0.5) is 4.79 Å². The summed E-state index contributed by atoms with van der Waals surface area (Å²) in [5.74, 6) is -0.0557. The quantitative estimate of drug-likeness (QED) is 0.502. The van der Waals surface area contributed by atoms with Crippen LogP contribution in [-0.2, 0) is 4.74 Å². The number of pyridine rings is 1. The highest BCUT2D eigenvalue weighted by Crippen LogP contribution is 2.44. The number of nitrogens with one attached hydrogen (secondary N) is 2. The summed E-state index contributed by atoms with van der Waals surface area (Å²) >= 11 is 0. The van der Waals surface area contributed by atoms with Gasteiger partial charge in [-0.2, -0.15) is 0 Å². The third-order valence-electron chi connectivity index (χ3n) is 5.31. The molecule has 0 bridgehead atoms. The molecule has 4 rings (SSSR count). The molecule has 1 aliphatic carbocycles. The second-order valence-corrected chi connectivity index (χ2v) is 7.20. The van der Waals surface area contributed by atoms with Crippen molar-refractivity contribution in [3.8, 4) is 11.1 Å². The SMILES string of the molecule is O=C(NCC(O)C(O)c1ccc(=O)[nH]c1)OCC1c2ccccc2-c2ccccc21. The number of ether oxygens (including phenoxy) is 1. The predicted octanol–water partition coefficient (Wildman–Crippen LogP) is 2.31. The number of aromatic nitrogens is 1. The van der Waals surface area contributed by atoms with Crippen LogP contribution in [0.15, 0.2) is 71.7 Å². The number of aliphatic hydroxyl groups is 2. The summed E-state index contributed by atoms with van der Waals surface area (Å²) in [6.07, 6.45) is -1.86.